The molecule has 0 aromatic heterocycles. The van der Waals surface area contributed by atoms with E-state index in [1.165, 1.54) is 17.2 Å². The van der Waals surface area contributed by atoms with Crippen LogP contribution in [0.25, 0.3) is 0 Å². The number of fused-ring (bicyclic) bond motifs is 1. The van der Waals surface area contributed by atoms with Gasteiger partial charge in [-0.05, 0) is 42.2 Å². The van der Waals surface area contributed by atoms with Gasteiger partial charge < -0.3 is 9.80 Å². The van der Waals surface area contributed by atoms with Gasteiger partial charge in [-0.1, -0.05) is 30.3 Å². The third-order valence-electron chi connectivity index (χ3n) is 6.08. The molecule has 1 saturated heterocycles. The molecule has 0 aliphatic carbocycles. The van der Waals surface area contributed by atoms with Crippen LogP contribution < -0.4 is 10.0 Å². The van der Waals surface area contributed by atoms with Crippen LogP contribution >= 0.6 is 0 Å². The first-order valence-electron chi connectivity index (χ1n) is 10.3. The number of carbonyl (C=O) groups excluding carboxylic acids is 1. The summed E-state index contributed by atoms with van der Waals surface area (Å²) >= 11 is 0. The maximum absolute atomic E-state index is 12.9. The van der Waals surface area contributed by atoms with Gasteiger partial charge in [0.1, 0.15) is 0 Å². The first-order chi connectivity index (χ1) is 14.3. The van der Waals surface area contributed by atoms with Crippen LogP contribution in [0.1, 0.15) is 16.7 Å². The molecule has 0 radical (unpaired) electrons. The Bertz CT molecular complexity index is 1050. The Kier molecular flexibility index (Phi) is 5.81. The Morgan fingerprint density at radius 3 is 2.47 bits per heavy atom. The Morgan fingerprint density at radius 2 is 1.77 bits per heavy atom. The third kappa shape index (κ3) is 4.50. The largest absolute Gasteiger partial charge is 0.362 e. The van der Waals surface area contributed by atoms with Gasteiger partial charge in [-0.3, -0.25) is 9.69 Å². The van der Waals surface area contributed by atoms with Crippen molar-refractivity contribution in [3.63, 3.8) is 0 Å². The van der Waals surface area contributed by atoms with Crippen LogP contribution in [0.2, 0.25) is 0 Å². The van der Waals surface area contributed by atoms with Gasteiger partial charge in [-0.15, -0.1) is 0 Å². The van der Waals surface area contributed by atoms with Crippen molar-refractivity contribution in [2.75, 3.05) is 44.2 Å². The van der Waals surface area contributed by atoms with Gasteiger partial charge in [-0.25, -0.2) is 13.6 Å². The molecule has 2 aromatic rings. The van der Waals surface area contributed by atoms with Crippen molar-refractivity contribution in [3.05, 3.63) is 59.2 Å². The van der Waals surface area contributed by atoms with Crippen molar-refractivity contribution < 1.29 is 13.2 Å². The zero-order valence-corrected chi connectivity index (χ0v) is 18.1. The second-order valence-electron chi connectivity index (χ2n) is 8.09. The van der Waals surface area contributed by atoms with Gasteiger partial charge in [0, 0.05) is 45.0 Å². The van der Waals surface area contributed by atoms with Crippen molar-refractivity contribution in [1.82, 2.24) is 9.80 Å². The second-order valence-corrected chi connectivity index (χ2v) is 9.65. The maximum Gasteiger partial charge on any atom is 0.242 e. The van der Waals surface area contributed by atoms with Crippen LogP contribution in [0, 0.1) is 6.92 Å². The Morgan fingerprint density at radius 1 is 1.03 bits per heavy atom. The van der Waals surface area contributed by atoms with Gasteiger partial charge in [0.05, 0.1) is 11.4 Å². The standard InChI is InChI=1S/C22H28N4O3S/c1-17-4-2-3-5-19(17)15-24-10-12-25(13-11-24)22(27)16-26-9-8-18-6-7-20(14-21(18)26)30(23,28)29/h2-7,14H,8-13,15-16H2,1H3,(H2,23,28,29). The van der Waals surface area contributed by atoms with E-state index in [1.54, 1.807) is 12.1 Å². The Labute approximate surface area is 178 Å². The van der Waals surface area contributed by atoms with Crippen LogP contribution in [-0.2, 0) is 27.8 Å². The number of aryl methyl sites for hydroxylation is 1. The number of rotatable bonds is 5. The van der Waals surface area contributed by atoms with E-state index in [0.29, 0.717) is 19.6 Å². The summed E-state index contributed by atoms with van der Waals surface area (Å²) < 4.78 is 23.3. The summed E-state index contributed by atoms with van der Waals surface area (Å²) in [5, 5.41) is 5.27. The molecule has 0 atom stereocenters. The average molecular weight is 429 g/mol. The Hall–Kier alpha value is -2.42. The van der Waals surface area contributed by atoms with Crippen molar-refractivity contribution in [1.29, 1.82) is 0 Å². The predicted molar refractivity (Wildman–Crippen MR) is 117 cm³/mol. The maximum atomic E-state index is 12.9. The van der Waals surface area contributed by atoms with E-state index < -0.39 is 10.0 Å². The van der Waals surface area contributed by atoms with Crippen molar-refractivity contribution >= 4 is 21.6 Å². The third-order valence-corrected chi connectivity index (χ3v) is 6.99. The minimum absolute atomic E-state index is 0.0828. The van der Waals surface area contributed by atoms with Crippen LogP contribution in [-0.4, -0.2) is 63.4 Å². The number of hydrogen-bond acceptors (Lipinski definition) is 5. The second kappa shape index (κ2) is 8.37. The van der Waals surface area contributed by atoms with Gasteiger partial charge >= 0.3 is 0 Å². The van der Waals surface area contributed by atoms with E-state index in [1.807, 2.05) is 9.80 Å². The van der Waals surface area contributed by atoms with Gasteiger partial charge in [0.15, 0.2) is 0 Å². The molecule has 2 aliphatic heterocycles. The lowest BCUT2D eigenvalue weighted by Crippen LogP contribution is -2.50. The zero-order chi connectivity index (χ0) is 21.3. The fraction of sp³-hybridized carbons (Fsp3) is 0.409. The molecule has 160 valence electrons. The number of amides is 1. The first kappa shape index (κ1) is 20.8. The minimum Gasteiger partial charge on any atom is -0.362 e. The van der Waals surface area contributed by atoms with E-state index in [-0.39, 0.29) is 17.3 Å². The van der Waals surface area contributed by atoms with Crippen LogP contribution in [0.15, 0.2) is 47.4 Å². The molecule has 7 nitrogen and oxygen atoms in total. The molecule has 30 heavy (non-hydrogen) atoms. The molecule has 2 heterocycles. The summed E-state index contributed by atoms with van der Waals surface area (Å²) in [6.07, 6.45) is 0.803. The highest BCUT2D eigenvalue weighted by Gasteiger charge is 2.27. The van der Waals surface area contributed by atoms with Crippen molar-refractivity contribution in [3.8, 4) is 0 Å². The Balaban J connectivity index is 1.35. The normalized spacial score (nSPS) is 17.3. The molecule has 1 amide bonds. The number of sulfonamides is 1. The molecule has 0 unspecified atom stereocenters. The smallest absolute Gasteiger partial charge is 0.242 e. The van der Waals surface area contributed by atoms with E-state index in [2.05, 4.69) is 36.1 Å². The highest BCUT2D eigenvalue weighted by Crippen LogP contribution is 2.30. The summed E-state index contributed by atoms with van der Waals surface area (Å²) in [5.74, 6) is 0.0828. The SMILES string of the molecule is Cc1ccccc1CN1CCN(C(=O)CN2CCc3ccc(S(N)(=O)=O)cc32)CC1. The topological polar surface area (TPSA) is 86.9 Å². The summed E-state index contributed by atoms with van der Waals surface area (Å²) in [4.78, 5) is 19.2. The van der Waals surface area contributed by atoms with Crippen molar-refractivity contribution in [2.24, 2.45) is 5.14 Å². The molecule has 8 heteroatoms. The number of nitrogens with two attached hydrogens (primary N) is 1. The zero-order valence-electron chi connectivity index (χ0n) is 17.3. The lowest BCUT2D eigenvalue weighted by molar-refractivity contribution is -0.131. The summed E-state index contributed by atoms with van der Waals surface area (Å²) in [7, 11) is -3.76. The van der Waals surface area contributed by atoms with E-state index in [4.69, 9.17) is 5.14 Å². The number of carbonyl (C=O) groups is 1. The van der Waals surface area contributed by atoms with E-state index >= 15 is 0 Å². The van der Waals surface area contributed by atoms with Gasteiger partial charge in [-0.2, -0.15) is 0 Å². The minimum atomic E-state index is -3.76. The number of nitrogens with zero attached hydrogens (tertiary/aromatic N) is 3. The molecule has 2 aromatic carbocycles. The highest BCUT2D eigenvalue weighted by atomic mass is 32.2. The molecule has 0 spiro atoms. The fourth-order valence-corrected chi connectivity index (χ4v) is 4.75. The van der Waals surface area contributed by atoms with Gasteiger partial charge in [0.2, 0.25) is 15.9 Å². The number of anilines is 1. The molecule has 1 fully saturated rings. The monoisotopic (exact) mass is 428 g/mol. The highest BCUT2D eigenvalue weighted by molar-refractivity contribution is 7.89. The predicted octanol–water partition coefficient (Wildman–Crippen LogP) is 1.35. The quantitative estimate of drug-likeness (QED) is 0.777. The molecule has 2 aliphatic rings. The summed E-state index contributed by atoms with van der Waals surface area (Å²) in [5.41, 5.74) is 4.48. The molecule has 0 saturated carbocycles. The molecule has 0 bridgehead atoms. The summed E-state index contributed by atoms with van der Waals surface area (Å²) in [6, 6.07) is 13.3. The van der Waals surface area contributed by atoms with E-state index in [0.717, 1.165) is 37.3 Å². The van der Waals surface area contributed by atoms with Crippen LogP contribution in [0.4, 0.5) is 5.69 Å². The lowest BCUT2D eigenvalue weighted by atomic mass is 10.1. The fourth-order valence-electron chi connectivity index (χ4n) is 4.21. The number of piperazine rings is 1. The molecular formula is C22H28N4O3S. The van der Waals surface area contributed by atoms with Crippen LogP contribution in [0.5, 0.6) is 0 Å². The van der Waals surface area contributed by atoms with Crippen molar-refractivity contribution in [2.45, 2.75) is 24.8 Å². The summed E-state index contributed by atoms with van der Waals surface area (Å²) in [6.45, 7) is 7.14. The molecule has 4 rings (SSSR count). The lowest BCUT2D eigenvalue weighted by Gasteiger charge is -2.36. The number of hydrogen-bond donors (Lipinski definition) is 1. The number of primary sulfonamides is 1. The molecular weight excluding hydrogens is 400 g/mol. The number of benzene rings is 2. The molecule has 2 N–H and O–H groups in total. The van der Waals surface area contributed by atoms with E-state index in [9.17, 15) is 13.2 Å². The first-order valence-corrected chi connectivity index (χ1v) is 11.8. The average Bonchev–Trinajstić information content (AvgIpc) is 3.12. The van der Waals surface area contributed by atoms with Gasteiger partial charge in [0.25, 0.3) is 0 Å². The van der Waals surface area contributed by atoms with Crippen LogP contribution in [0.3, 0.4) is 0 Å².